The molecule has 1 unspecified atom stereocenters. The van der Waals surface area contributed by atoms with Crippen molar-refractivity contribution in [3.05, 3.63) is 0 Å². The van der Waals surface area contributed by atoms with Crippen LogP contribution in [0.15, 0.2) is 0 Å². The zero-order valence-corrected chi connectivity index (χ0v) is 10.9. The van der Waals surface area contributed by atoms with Gasteiger partial charge in [0.05, 0.1) is 6.61 Å². The normalized spacial score (nSPS) is 13.7. The summed E-state index contributed by atoms with van der Waals surface area (Å²) in [7, 11) is 0. The number of ether oxygens (including phenoxy) is 1. The molecule has 0 radical (unpaired) electrons. The molecule has 15 heavy (non-hydrogen) atoms. The average molecular weight is 214 g/mol. The van der Waals surface area contributed by atoms with Crippen molar-refractivity contribution in [3.8, 4) is 0 Å². The van der Waals surface area contributed by atoms with Gasteiger partial charge in [-0.05, 0) is 30.6 Å². The van der Waals surface area contributed by atoms with E-state index in [0.29, 0.717) is 24.4 Å². The molecule has 2 nitrogen and oxygen atoms in total. The number of hydrogen-bond donors (Lipinski definition) is 0. The smallest absolute Gasteiger partial charge is 0.305 e. The lowest BCUT2D eigenvalue weighted by Gasteiger charge is -2.22. The molecule has 0 aromatic heterocycles. The molecule has 0 fully saturated rings. The lowest BCUT2D eigenvalue weighted by atomic mass is 9.84. The van der Waals surface area contributed by atoms with Crippen molar-refractivity contribution in [2.24, 2.45) is 11.3 Å². The molecule has 0 saturated carbocycles. The minimum atomic E-state index is -0.0551. The lowest BCUT2D eigenvalue weighted by molar-refractivity contribution is -0.144. The molecule has 0 heterocycles. The van der Waals surface area contributed by atoms with Crippen molar-refractivity contribution in [3.63, 3.8) is 0 Å². The third kappa shape index (κ3) is 9.77. The van der Waals surface area contributed by atoms with E-state index >= 15 is 0 Å². The number of carbonyl (C=O) groups excluding carboxylic acids is 1. The lowest BCUT2D eigenvalue weighted by Crippen LogP contribution is -2.14. The predicted molar refractivity (Wildman–Crippen MR) is 63.7 cm³/mol. The van der Waals surface area contributed by atoms with E-state index in [1.807, 2.05) is 6.92 Å². The maximum atomic E-state index is 11.1. The minimum absolute atomic E-state index is 0.0551. The van der Waals surface area contributed by atoms with E-state index in [4.69, 9.17) is 4.74 Å². The second-order valence-corrected chi connectivity index (χ2v) is 5.63. The van der Waals surface area contributed by atoms with Crippen LogP contribution in [-0.2, 0) is 9.53 Å². The van der Waals surface area contributed by atoms with Crippen LogP contribution < -0.4 is 0 Å². The summed E-state index contributed by atoms with van der Waals surface area (Å²) in [6.45, 7) is 11.5. The van der Waals surface area contributed by atoms with E-state index in [0.717, 1.165) is 12.8 Å². The molecule has 0 N–H and O–H groups in total. The second kappa shape index (κ2) is 6.86. The van der Waals surface area contributed by atoms with Gasteiger partial charge in [-0.2, -0.15) is 0 Å². The van der Waals surface area contributed by atoms with E-state index in [-0.39, 0.29) is 5.97 Å². The molecule has 0 rings (SSSR count). The zero-order valence-electron chi connectivity index (χ0n) is 10.9. The summed E-state index contributed by atoms with van der Waals surface area (Å²) in [5.74, 6) is 0.569. The van der Waals surface area contributed by atoms with Gasteiger partial charge in [-0.3, -0.25) is 4.79 Å². The van der Waals surface area contributed by atoms with E-state index in [2.05, 4.69) is 27.7 Å². The van der Waals surface area contributed by atoms with E-state index < -0.39 is 0 Å². The van der Waals surface area contributed by atoms with Crippen LogP contribution in [0.3, 0.4) is 0 Å². The number of hydrogen-bond acceptors (Lipinski definition) is 2. The summed E-state index contributed by atoms with van der Waals surface area (Å²) in [4.78, 5) is 11.1. The van der Waals surface area contributed by atoms with Crippen LogP contribution in [0.4, 0.5) is 0 Å². The van der Waals surface area contributed by atoms with Crippen LogP contribution in [0.1, 0.15) is 60.3 Å². The fraction of sp³-hybridized carbons (Fsp3) is 0.923. The molecule has 0 aliphatic rings. The molecule has 0 aromatic carbocycles. The molecular formula is C13H26O2. The highest BCUT2D eigenvalue weighted by molar-refractivity contribution is 5.69. The highest BCUT2D eigenvalue weighted by atomic mass is 16.5. The van der Waals surface area contributed by atoms with Crippen LogP contribution in [0, 0.1) is 11.3 Å². The topological polar surface area (TPSA) is 26.3 Å². The SMILES string of the molecule is CCCC(=O)OCCC(C)CC(C)(C)C. The molecule has 0 aliphatic heterocycles. The highest BCUT2D eigenvalue weighted by Crippen LogP contribution is 2.25. The number of esters is 1. The van der Waals surface area contributed by atoms with Crippen molar-refractivity contribution in [2.75, 3.05) is 6.61 Å². The third-order valence-electron chi connectivity index (χ3n) is 2.29. The molecule has 0 bridgehead atoms. The standard InChI is InChI=1S/C13H26O2/c1-6-7-12(14)15-9-8-11(2)10-13(3,4)5/h11H,6-10H2,1-5H3. The van der Waals surface area contributed by atoms with Crippen molar-refractivity contribution < 1.29 is 9.53 Å². The quantitative estimate of drug-likeness (QED) is 0.629. The summed E-state index contributed by atoms with van der Waals surface area (Å²) >= 11 is 0. The van der Waals surface area contributed by atoms with Gasteiger partial charge in [-0.25, -0.2) is 0 Å². The Morgan fingerprint density at radius 3 is 2.40 bits per heavy atom. The summed E-state index contributed by atoms with van der Waals surface area (Å²) in [5, 5.41) is 0. The van der Waals surface area contributed by atoms with Gasteiger partial charge >= 0.3 is 5.97 Å². The fourth-order valence-electron chi connectivity index (χ4n) is 1.80. The first-order chi connectivity index (χ1) is 6.85. The van der Waals surface area contributed by atoms with Gasteiger partial charge in [-0.15, -0.1) is 0 Å². The zero-order chi connectivity index (χ0) is 11.9. The van der Waals surface area contributed by atoms with Crippen LogP contribution in [0.5, 0.6) is 0 Å². The number of carbonyl (C=O) groups is 1. The highest BCUT2D eigenvalue weighted by Gasteiger charge is 2.15. The van der Waals surface area contributed by atoms with Gasteiger partial charge in [0.1, 0.15) is 0 Å². The molecule has 0 amide bonds. The average Bonchev–Trinajstić information content (AvgIpc) is 2.00. The van der Waals surface area contributed by atoms with Gasteiger partial charge in [0.2, 0.25) is 0 Å². The Balaban J connectivity index is 3.55. The largest absolute Gasteiger partial charge is 0.466 e. The van der Waals surface area contributed by atoms with Crippen molar-refractivity contribution in [1.29, 1.82) is 0 Å². The monoisotopic (exact) mass is 214 g/mol. The minimum Gasteiger partial charge on any atom is -0.466 e. The van der Waals surface area contributed by atoms with Gasteiger partial charge in [0.25, 0.3) is 0 Å². The first-order valence-electron chi connectivity index (χ1n) is 6.00. The third-order valence-corrected chi connectivity index (χ3v) is 2.29. The van der Waals surface area contributed by atoms with Gasteiger partial charge < -0.3 is 4.74 Å². The second-order valence-electron chi connectivity index (χ2n) is 5.63. The molecule has 0 aliphatic carbocycles. The van der Waals surface area contributed by atoms with Crippen LogP contribution in [0.2, 0.25) is 0 Å². The molecule has 90 valence electrons. The summed E-state index contributed by atoms with van der Waals surface area (Å²) in [5.41, 5.74) is 0.368. The number of rotatable bonds is 6. The molecule has 2 heteroatoms. The molecule has 0 aromatic rings. The van der Waals surface area contributed by atoms with Crippen LogP contribution in [0.25, 0.3) is 0 Å². The predicted octanol–water partition coefficient (Wildman–Crippen LogP) is 3.79. The summed E-state index contributed by atoms with van der Waals surface area (Å²) in [6.07, 6.45) is 3.58. The summed E-state index contributed by atoms with van der Waals surface area (Å²) in [6, 6.07) is 0. The van der Waals surface area contributed by atoms with Crippen molar-refractivity contribution >= 4 is 5.97 Å². The summed E-state index contributed by atoms with van der Waals surface area (Å²) < 4.78 is 5.13. The first kappa shape index (κ1) is 14.5. The Morgan fingerprint density at radius 1 is 1.33 bits per heavy atom. The first-order valence-corrected chi connectivity index (χ1v) is 6.00. The fourth-order valence-corrected chi connectivity index (χ4v) is 1.80. The Morgan fingerprint density at radius 2 is 1.93 bits per heavy atom. The Hall–Kier alpha value is -0.530. The van der Waals surface area contributed by atoms with E-state index in [9.17, 15) is 4.79 Å². The maximum Gasteiger partial charge on any atom is 0.305 e. The Bertz CT molecular complexity index is 179. The van der Waals surface area contributed by atoms with Gasteiger partial charge in [0, 0.05) is 6.42 Å². The van der Waals surface area contributed by atoms with Crippen LogP contribution in [-0.4, -0.2) is 12.6 Å². The maximum absolute atomic E-state index is 11.1. The molecular weight excluding hydrogens is 188 g/mol. The van der Waals surface area contributed by atoms with Crippen molar-refractivity contribution in [1.82, 2.24) is 0 Å². The van der Waals surface area contributed by atoms with Crippen molar-refractivity contribution in [2.45, 2.75) is 60.3 Å². The van der Waals surface area contributed by atoms with E-state index in [1.54, 1.807) is 0 Å². The molecule has 0 saturated heterocycles. The van der Waals surface area contributed by atoms with Gasteiger partial charge in [-0.1, -0.05) is 34.6 Å². The molecule has 1 atom stereocenters. The van der Waals surface area contributed by atoms with Crippen LogP contribution >= 0.6 is 0 Å². The van der Waals surface area contributed by atoms with E-state index in [1.165, 1.54) is 6.42 Å². The van der Waals surface area contributed by atoms with Gasteiger partial charge in [0.15, 0.2) is 0 Å². The molecule has 0 spiro atoms. The Kier molecular flexibility index (Phi) is 6.62. The Labute approximate surface area is 94.4 Å².